The Kier molecular flexibility index (Phi) is 8.61. The number of hydrogen-bond donors (Lipinski definition) is 0. The quantitative estimate of drug-likeness (QED) is 0.536. The van der Waals surface area contributed by atoms with Crippen LogP contribution in [-0.2, 0) is 29.2 Å². The third-order valence-corrected chi connectivity index (χ3v) is 7.74. The van der Waals surface area contributed by atoms with Gasteiger partial charge in [0.1, 0.15) is 0 Å². The largest absolute Gasteiger partial charge is 0.339 e. The van der Waals surface area contributed by atoms with Crippen molar-refractivity contribution in [1.82, 2.24) is 29.5 Å². The number of amides is 2. The Morgan fingerprint density at radius 3 is 2.50 bits per heavy atom. The molecule has 2 saturated heterocycles. The summed E-state index contributed by atoms with van der Waals surface area (Å²) in [6.07, 6.45) is 3.73. The van der Waals surface area contributed by atoms with Gasteiger partial charge in [-0.3, -0.25) is 14.5 Å². The van der Waals surface area contributed by atoms with Crippen molar-refractivity contribution in [2.45, 2.75) is 69.6 Å². The Bertz CT molecular complexity index is 958. The number of nitrogens with zero attached hydrogens (tertiary/aromatic N) is 6. The van der Waals surface area contributed by atoms with Crippen LogP contribution in [0.4, 0.5) is 0 Å². The minimum atomic E-state index is -0.233. The van der Waals surface area contributed by atoms with E-state index in [1.165, 1.54) is 17.3 Å². The minimum absolute atomic E-state index is 0.152. The molecule has 0 aliphatic carbocycles. The number of hydrogen-bond acceptors (Lipinski definition) is 6. The lowest BCUT2D eigenvalue weighted by atomic mass is 10.2. The summed E-state index contributed by atoms with van der Waals surface area (Å²) in [5.41, 5.74) is 1.31. The summed E-state index contributed by atoms with van der Waals surface area (Å²) in [6, 6.07) is 10.5. The van der Waals surface area contributed by atoms with Gasteiger partial charge in [-0.1, -0.05) is 48.5 Å². The molecule has 2 fully saturated rings. The van der Waals surface area contributed by atoms with Crippen LogP contribution in [0.1, 0.15) is 50.9 Å². The van der Waals surface area contributed by atoms with Crippen molar-refractivity contribution in [3.63, 3.8) is 0 Å². The van der Waals surface area contributed by atoms with Gasteiger partial charge in [0.2, 0.25) is 11.8 Å². The highest BCUT2D eigenvalue weighted by Crippen LogP contribution is 2.25. The van der Waals surface area contributed by atoms with E-state index in [1.54, 1.807) is 0 Å². The Balaban J connectivity index is 1.31. The van der Waals surface area contributed by atoms with Crippen LogP contribution in [0.2, 0.25) is 0 Å². The molecule has 1 aromatic heterocycles. The molecule has 2 aliphatic heterocycles. The first-order chi connectivity index (χ1) is 16.5. The topological polar surface area (TPSA) is 74.6 Å². The van der Waals surface area contributed by atoms with Crippen molar-refractivity contribution in [3.8, 4) is 0 Å². The maximum absolute atomic E-state index is 13.1. The summed E-state index contributed by atoms with van der Waals surface area (Å²) in [5.74, 6) is 1.15. The molecule has 0 N–H and O–H groups in total. The molecule has 0 saturated carbocycles. The monoisotopic (exact) mass is 484 g/mol. The molecule has 0 spiro atoms. The summed E-state index contributed by atoms with van der Waals surface area (Å²) in [5, 5.41) is 9.29. The number of thioether (sulfide) groups is 1. The van der Waals surface area contributed by atoms with Crippen LogP contribution in [-0.4, -0.2) is 79.3 Å². The molecule has 9 heteroatoms. The zero-order valence-corrected chi connectivity index (χ0v) is 21.2. The molecule has 2 aliphatic rings. The molecule has 4 rings (SSSR count). The predicted octanol–water partition coefficient (Wildman–Crippen LogP) is 3.03. The lowest BCUT2D eigenvalue weighted by Gasteiger charge is -2.35. The van der Waals surface area contributed by atoms with E-state index in [-0.39, 0.29) is 17.1 Å². The van der Waals surface area contributed by atoms with Crippen LogP contribution in [0.5, 0.6) is 0 Å². The summed E-state index contributed by atoms with van der Waals surface area (Å²) in [6.45, 7) is 10.2. The molecular formula is C25H36N6O2S. The second kappa shape index (κ2) is 11.8. The molecule has 1 unspecified atom stereocenters. The first kappa shape index (κ1) is 24.7. The van der Waals surface area contributed by atoms with Gasteiger partial charge in [-0.2, -0.15) is 0 Å². The number of likely N-dealkylation sites (tertiary alicyclic amines) is 1. The molecule has 2 aromatic rings. The van der Waals surface area contributed by atoms with E-state index in [2.05, 4.69) is 46.3 Å². The first-order valence-electron chi connectivity index (χ1n) is 12.5. The lowest BCUT2D eigenvalue weighted by molar-refractivity contribution is -0.132. The van der Waals surface area contributed by atoms with Gasteiger partial charge in [0.05, 0.1) is 11.8 Å². The van der Waals surface area contributed by atoms with Gasteiger partial charge in [-0.15, -0.1) is 10.2 Å². The standard InChI is InChI=1S/C25H36N6O2S/c1-3-31-22(19-30-13-9-5-8-12-23(30)32)26-27-25(31)34-20(2)24(33)29-16-14-28(15-17-29)18-21-10-6-4-7-11-21/h4,6-7,10-11,20H,3,5,8-9,12-19H2,1-2H3. The summed E-state index contributed by atoms with van der Waals surface area (Å²) >= 11 is 1.47. The molecule has 8 nitrogen and oxygen atoms in total. The number of carbonyl (C=O) groups excluding carboxylic acids is 2. The smallest absolute Gasteiger partial charge is 0.235 e. The molecule has 1 atom stereocenters. The van der Waals surface area contributed by atoms with Crippen LogP contribution >= 0.6 is 11.8 Å². The fraction of sp³-hybridized carbons (Fsp3) is 0.600. The van der Waals surface area contributed by atoms with E-state index in [4.69, 9.17) is 0 Å². The van der Waals surface area contributed by atoms with Crippen LogP contribution in [0.25, 0.3) is 0 Å². The molecule has 3 heterocycles. The van der Waals surface area contributed by atoms with Gasteiger partial charge in [0.15, 0.2) is 11.0 Å². The van der Waals surface area contributed by atoms with Gasteiger partial charge in [-0.25, -0.2) is 0 Å². The van der Waals surface area contributed by atoms with E-state index in [1.807, 2.05) is 27.4 Å². The lowest BCUT2D eigenvalue weighted by Crippen LogP contribution is -2.50. The van der Waals surface area contributed by atoms with Crippen molar-refractivity contribution in [2.24, 2.45) is 0 Å². The minimum Gasteiger partial charge on any atom is -0.339 e. The molecule has 0 bridgehead atoms. The van der Waals surface area contributed by atoms with Crippen molar-refractivity contribution in [1.29, 1.82) is 0 Å². The van der Waals surface area contributed by atoms with E-state index >= 15 is 0 Å². The highest BCUT2D eigenvalue weighted by atomic mass is 32.2. The maximum atomic E-state index is 13.1. The number of aromatic nitrogens is 3. The Morgan fingerprint density at radius 1 is 1.00 bits per heavy atom. The van der Waals surface area contributed by atoms with Gasteiger partial charge in [-0.05, 0) is 32.3 Å². The van der Waals surface area contributed by atoms with Crippen molar-refractivity contribution in [2.75, 3.05) is 32.7 Å². The average molecular weight is 485 g/mol. The zero-order chi connectivity index (χ0) is 23.9. The van der Waals surface area contributed by atoms with Gasteiger partial charge >= 0.3 is 0 Å². The Labute approximate surface area is 206 Å². The third-order valence-electron chi connectivity index (χ3n) is 6.68. The van der Waals surface area contributed by atoms with E-state index < -0.39 is 0 Å². The number of piperazine rings is 1. The van der Waals surface area contributed by atoms with E-state index in [0.717, 1.165) is 69.5 Å². The van der Waals surface area contributed by atoms with Crippen LogP contribution in [0.15, 0.2) is 35.5 Å². The molecule has 0 radical (unpaired) electrons. The SMILES string of the molecule is CCn1c(CN2CCCCCC2=O)nnc1SC(C)C(=O)N1CCN(Cc2ccccc2)CC1. The summed E-state index contributed by atoms with van der Waals surface area (Å²) in [4.78, 5) is 31.8. The normalized spacial score (nSPS) is 18.7. The van der Waals surface area contributed by atoms with E-state index in [0.29, 0.717) is 19.5 Å². The van der Waals surface area contributed by atoms with E-state index in [9.17, 15) is 9.59 Å². The number of benzene rings is 1. The molecule has 2 amide bonds. The third kappa shape index (κ3) is 6.18. The predicted molar refractivity (Wildman–Crippen MR) is 133 cm³/mol. The maximum Gasteiger partial charge on any atom is 0.235 e. The second-order valence-electron chi connectivity index (χ2n) is 9.12. The van der Waals surface area contributed by atoms with Gasteiger partial charge in [0.25, 0.3) is 0 Å². The number of rotatable bonds is 8. The molecule has 1 aromatic carbocycles. The van der Waals surface area contributed by atoms with Crippen LogP contribution in [0, 0.1) is 0 Å². The van der Waals surface area contributed by atoms with Crippen molar-refractivity contribution in [3.05, 3.63) is 41.7 Å². The fourth-order valence-corrected chi connectivity index (χ4v) is 5.67. The van der Waals surface area contributed by atoms with Gasteiger partial charge < -0.3 is 14.4 Å². The molecule has 34 heavy (non-hydrogen) atoms. The van der Waals surface area contributed by atoms with Crippen molar-refractivity contribution >= 4 is 23.6 Å². The van der Waals surface area contributed by atoms with Crippen molar-refractivity contribution < 1.29 is 9.59 Å². The zero-order valence-electron chi connectivity index (χ0n) is 20.4. The second-order valence-corrected chi connectivity index (χ2v) is 10.4. The van der Waals surface area contributed by atoms with Crippen LogP contribution < -0.4 is 0 Å². The molecular weight excluding hydrogens is 448 g/mol. The highest BCUT2D eigenvalue weighted by molar-refractivity contribution is 8.00. The van der Waals surface area contributed by atoms with Crippen LogP contribution in [0.3, 0.4) is 0 Å². The fourth-order valence-electron chi connectivity index (χ4n) is 4.65. The number of carbonyl (C=O) groups is 2. The highest BCUT2D eigenvalue weighted by Gasteiger charge is 2.28. The Hall–Kier alpha value is -2.39. The summed E-state index contributed by atoms with van der Waals surface area (Å²) in [7, 11) is 0. The molecule has 184 valence electrons. The Morgan fingerprint density at radius 2 is 1.76 bits per heavy atom. The first-order valence-corrected chi connectivity index (χ1v) is 13.3. The average Bonchev–Trinajstić information content (AvgIpc) is 3.12. The summed E-state index contributed by atoms with van der Waals surface area (Å²) < 4.78 is 2.05. The van der Waals surface area contributed by atoms with Gasteiger partial charge in [0, 0.05) is 52.2 Å².